The number of imidazole rings is 1. The third kappa shape index (κ3) is 5.05. The molecule has 0 radical (unpaired) electrons. The molecule has 8 heteroatoms. The maximum atomic E-state index is 13.0. The molecule has 1 aliphatic heterocycles. The van der Waals surface area contributed by atoms with Crippen molar-refractivity contribution < 1.29 is 9.59 Å². The third-order valence-corrected chi connectivity index (χ3v) is 6.06. The number of hydrogen-bond donors (Lipinski definition) is 1. The van der Waals surface area contributed by atoms with Crippen molar-refractivity contribution in [1.29, 1.82) is 0 Å². The SMILES string of the molecule is CCCC(=O)Nc1ccc(-n2cnc(C(=O)N3CCN(c4cccc(C)c4C)CC3)c2)nc1. The highest BCUT2D eigenvalue weighted by molar-refractivity contribution is 5.92. The average molecular weight is 447 g/mol. The maximum Gasteiger partial charge on any atom is 0.274 e. The smallest absolute Gasteiger partial charge is 0.274 e. The minimum atomic E-state index is -0.0715. The number of anilines is 2. The van der Waals surface area contributed by atoms with E-state index in [1.807, 2.05) is 11.8 Å². The van der Waals surface area contributed by atoms with Crippen molar-refractivity contribution in [2.45, 2.75) is 33.6 Å². The van der Waals surface area contributed by atoms with Crippen LogP contribution in [0.5, 0.6) is 0 Å². The summed E-state index contributed by atoms with van der Waals surface area (Å²) < 4.78 is 1.72. The number of nitrogens with zero attached hydrogens (tertiary/aromatic N) is 5. The number of piperazine rings is 1. The molecular weight excluding hydrogens is 416 g/mol. The Balaban J connectivity index is 1.37. The van der Waals surface area contributed by atoms with Gasteiger partial charge in [0.1, 0.15) is 17.8 Å². The molecule has 0 bridgehead atoms. The van der Waals surface area contributed by atoms with Gasteiger partial charge in [0.2, 0.25) is 5.91 Å². The van der Waals surface area contributed by atoms with Crippen LogP contribution in [0.15, 0.2) is 49.1 Å². The number of amides is 2. The van der Waals surface area contributed by atoms with Crippen LogP contribution in [0.3, 0.4) is 0 Å². The topological polar surface area (TPSA) is 83.4 Å². The lowest BCUT2D eigenvalue weighted by Gasteiger charge is -2.36. The molecule has 1 aromatic carbocycles. The first-order valence-electron chi connectivity index (χ1n) is 11.4. The third-order valence-electron chi connectivity index (χ3n) is 6.06. The highest BCUT2D eigenvalue weighted by atomic mass is 16.2. The summed E-state index contributed by atoms with van der Waals surface area (Å²) in [5.41, 5.74) is 4.86. The predicted octanol–water partition coefficient (Wildman–Crippen LogP) is 3.59. The second-order valence-corrected chi connectivity index (χ2v) is 8.37. The molecule has 2 amide bonds. The second-order valence-electron chi connectivity index (χ2n) is 8.37. The van der Waals surface area contributed by atoms with Gasteiger partial charge in [0.15, 0.2) is 0 Å². The molecule has 1 fully saturated rings. The Hall–Kier alpha value is -3.68. The molecule has 0 atom stereocenters. The van der Waals surface area contributed by atoms with E-state index in [1.54, 1.807) is 35.4 Å². The first-order valence-corrected chi connectivity index (χ1v) is 11.4. The fourth-order valence-electron chi connectivity index (χ4n) is 4.01. The Morgan fingerprint density at radius 3 is 2.52 bits per heavy atom. The first kappa shape index (κ1) is 22.5. The zero-order valence-electron chi connectivity index (χ0n) is 19.4. The van der Waals surface area contributed by atoms with Crippen molar-refractivity contribution in [3.63, 3.8) is 0 Å². The van der Waals surface area contributed by atoms with Gasteiger partial charge in [0.05, 0.1) is 11.9 Å². The van der Waals surface area contributed by atoms with Crippen LogP contribution < -0.4 is 10.2 Å². The van der Waals surface area contributed by atoms with Gasteiger partial charge >= 0.3 is 0 Å². The first-order chi connectivity index (χ1) is 16.0. The Bertz CT molecular complexity index is 1130. The molecule has 8 nitrogen and oxygen atoms in total. The highest BCUT2D eigenvalue weighted by Crippen LogP contribution is 2.24. The van der Waals surface area contributed by atoms with Gasteiger partial charge in [-0.25, -0.2) is 9.97 Å². The summed E-state index contributed by atoms with van der Waals surface area (Å²) >= 11 is 0. The predicted molar refractivity (Wildman–Crippen MR) is 129 cm³/mol. The van der Waals surface area contributed by atoms with E-state index < -0.39 is 0 Å². The molecule has 1 N–H and O–H groups in total. The lowest BCUT2D eigenvalue weighted by Crippen LogP contribution is -2.49. The average Bonchev–Trinajstić information content (AvgIpc) is 3.31. The molecule has 1 saturated heterocycles. The summed E-state index contributed by atoms with van der Waals surface area (Å²) in [5.74, 6) is 0.535. The van der Waals surface area contributed by atoms with E-state index in [9.17, 15) is 9.59 Å². The van der Waals surface area contributed by atoms with E-state index in [0.29, 0.717) is 36.7 Å². The summed E-state index contributed by atoms with van der Waals surface area (Å²) in [4.78, 5) is 37.6. The molecule has 172 valence electrons. The van der Waals surface area contributed by atoms with E-state index >= 15 is 0 Å². The van der Waals surface area contributed by atoms with Gasteiger partial charge in [-0.1, -0.05) is 19.1 Å². The van der Waals surface area contributed by atoms with Crippen molar-refractivity contribution in [2.24, 2.45) is 0 Å². The van der Waals surface area contributed by atoms with E-state index in [1.165, 1.54) is 16.8 Å². The molecule has 33 heavy (non-hydrogen) atoms. The molecule has 1 aliphatic rings. The monoisotopic (exact) mass is 446 g/mol. The lowest BCUT2D eigenvalue weighted by atomic mass is 10.1. The van der Waals surface area contributed by atoms with Crippen LogP contribution in [0.25, 0.3) is 5.82 Å². The molecule has 2 aromatic heterocycles. The fourth-order valence-corrected chi connectivity index (χ4v) is 4.01. The molecule has 0 unspecified atom stereocenters. The van der Waals surface area contributed by atoms with Gasteiger partial charge in [-0.05, 0) is 49.6 Å². The zero-order valence-corrected chi connectivity index (χ0v) is 19.4. The Kier molecular flexibility index (Phi) is 6.72. The molecule has 3 heterocycles. The van der Waals surface area contributed by atoms with Crippen LogP contribution in [0.2, 0.25) is 0 Å². The molecule has 0 aliphatic carbocycles. The van der Waals surface area contributed by atoms with Crippen LogP contribution in [0.4, 0.5) is 11.4 Å². The number of pyridine rings is 1. The Labute approximate surface area is 194 Å². The van der Waals surface area contributed by atoms with Crippen LogP contribution in [0.1, 0.15) is 41.4 Å². The number of aromatic nitrogens is 3. The quantitative estimate of drug-likeness (QED) is 0.626. The minimum absolute atomic E-state index is 0.0276. The highest BCUT2D eigenvalue weighted by Gasteiger charge is 2.24. The van der Waals surface area contributed by atoms with Gasteiger partial charge in [-0.3, -0.25) is 14.2 Å². The van der Waals surface area contributed by atoms with Crippen molar-refractivity contribution in [2.75, 3.05) is 36.4 Å². The Morgan fingerprint density at radius 1 is 1.03 bits per heavy atom. The minimum Gasteiger partial charge on any atom is -0.368 e. The normalized spacial score (nSPS) is 13.8. The van der Waals surface area contributed by atoms with Crippen LogP contribution in [-0.4, -0.2) is 57.4 Å². The number of benzene rings is 1. The van der Waals surface area contributed by atoms with Gasteiger partial charge in [0.25, 0.3) is 5.91 Å². The number of carbonyl (C=O) groups excluding carboxylic acids is 2. The standard InChI is InChI=1S/C25H30N6O2/c1-4-6-24(32)28-20-9-10-23(26-15-20)31-16-21(27-17-31)25(33)30-13-11-29(12-14-30)22-8-5-7-18(2)19(22)3/h5,7-10,15-17H,4,6,11-14H2,1-3H3,(H,28,32). The number of hydrogen-bond acceptors (Lipinski definition) is 5. The molecular formula is C25H30N6O2. The number of nitrogens with one attached hydrogen (secondary N) is 1. The van der Waals surface area contributed by atoms with E-state index in [2.05, 4.69) is 52.2 Å². The van der Waals surface area contributed by atoms with Crippen LogP contribution >= 0.6 is 0 Å². The second kappa shape index (κ2) is 9.85. The lowest BCUT2D eigenvalue weighted by molar-refractivity contribution is -0.116. The van der Waals surface area contributed by atoms with E-state index in [0.717, 1.165) is 19.5 Å². The van der Waals surface area contributed by atoms with E-state index in [-0.39, 0.29) is 11.8 Å². The number of aryl methyl sites for hydroxylation is 1. The maximum absolute atomic E-state index is 13.0. The zero-order chi connectivity index (χ0) is 23.4. The van der Waals surface area contributed by atoms with Crippen molar-refractivity contribution in [3.8, 4) is 5.82 Å². The summed E-state index contributed by atoms with van der Waals surface area (Å²) in [6, 6.07) is 9.95. The largest absolute Gasteiger partial charge is 0.368 e. The molecule has 4 rings (SSSR count). The Morgan fingerprint density at radius 2 is 1.82 bits per heavy atom. The molecule has 3 aromatic rings. The molecule has 0 spiro atoms. The summed E-state index contributed by atoms with van der Waals surface area (Å²) in [6.07, 6.45) is 6.18. The van der Waals surface area contributed by atoms with Crippen LogP contribution in [-0.2, 0) is 4.79 Å². The summed E-state index contributed by atoms with van der Waals surface area (Å²) in [7, 11) is 0. The summed E-state index contributed by atoms with van der Waals surface area (Å²) in [5, 5.41) is 2.82. The fraction of sp³-hybridized carbons (Fsp3) is 0.360. The van der Waals surface area contributed by atoms with Crippen molar-refractivity contribution >= 4 is 23.2 Å². The van der Waals surface area contributed by atoms with Gasteiger partial charge in [0, 0.05) is 44.5 Å². The number of carbonyl (C=O) groups is 2. The van der Waals surface area contributed by atoms with Crippen molar-refractivity contribution in [1.82, 2.24) is 19.4 Å². The van der Waals surface area contributed by atoms with Gasteiger partial charge < -0.3 is 15.1 Å². The number of rotatable bonds is 6. The van der Waals surface area contributed by atoms with Gasteiger partial charge in [-0.2, -0.15) is 0 Å². The van der Waals surface area contributed by atoms with Crippen molar-refractivity contribution in [3.05, 3.63) is 65.9 Å². The van der Waals surface area contributed by atoms with Crippen LogP contribution in [0, 0.1) is 13.8 Å². The molecule has 0 saturated carbocycles. The summed E-state index contributed by atoms with van der Waals surface area (Å²) in [6.45, 7) is 9.14. The van der Waals surface area contributed by atoms with Gasteiger partial charge in [-0.15, -0.1) is 0 Å². The van der Waals surface area contributed by atoms with E-state index in [4.69, 9.17) is 0 Å².